The van der Waals surface area contributed by atoms with E-state index in [1.807, 2.05) is 6.08 Å². The van der Waals surface area contributed by atoms with Gasteiger partial charge in [0.1, 0.15) is 0 Å². The monoisotopic (exact) mass is 254 g/mol. The van der Waals surface area contributed by atoms with Crippen LogP contribution in [0.5, 0.6) is 0 Å². The fourth-order valence-electron chi connectivity index (χ4n) is 3.24. The Morgan fingerprint density at radius 2 is 1.50 bits per heavy atom. The second-order valence-corrected chi connectivity index (χ2v) is 5.16. The van der Waals surface area contributed by atoms with Gasteiger partial charge in [0.25, 0.3) is 0 Å². The molecule has 0 unspecified atom stereocenters. The Bertz CT molecular complexity index is 882. The second-order valence-electron chi connectivity index (χ2n) is 5.16. The molecular weight excluding hydrogens is 240 g/mol. The fraction of sp³-hybridized carbons (Fsp3) is 0. The van der Waals surface area contributed by atoms with Crippen molar-refractivity contribution < 1.29 is 0 Å². The van der Waals surface area contributed by atoms with Gasteiger partial charge in [-0.05, 0) is 50.2 Å². The Morgan fingerprint density at radius 1 is 0.800 bits per heavy atom. The minimum atomic E-state index is 1.11. The topological polar surface area (TPSA) is 0 Å². The van der Waals surface area contributed by atoms with Crippen LogP contribution in [-0.2, 0) is 0 Å². The molecule has 3 aromatic rings. The highest BCUT2D eigenvalue weighted by molar-refractivity contribution is 6.09. The maximum Gasteiger partial charge on any atom is -0.00261 e. The van der Waals surface area contributed by atoms with Crippen LogP contribution < -0.4 is 0 Å². The molecule has 0 fully saturated rings. The molecule has 0 atom stereocenters. The molecule has 3 aromatic carbocycles. The fourth-order valence-corrected chi connectivity index (χ4v) is 3.24. The third-order valence-electron chi connectivity index (χ3n) is 4.14. The van der Waals surface area contributed by atoms with Gasteiger partial charge >= 0.3 is 0 Å². The van der Waals surface area contributed by atoms with Crippen LogP contribution >= 0.6 is 0 Å². The van der Waals surface area contributed by atoms with Crippen molar-refractivity contribution in [2.75, 3.05) is 0 Å². The highest BCUT2D eigenvalue weighted by atomic mass is 14.3. The van der Waals surface area contributed by atoms with Crippen LogP contribution in [0.3, 0.4) is 0 Å². The highest BCUT2D eigenvalue weighted by Gasteiger charge is 2.24. The summed E-state index contributed by atoms with van der Waals surface area (Å²) in [5.41, 5.74) is 7.33. The van der Waals surface area contributed by atoms with Crippen LogP contribution in [0.2, 0.25) is 0 Å². The van der Waals surface area contributed by atoms with E-state index in [1.165, 1.54) is 38.6 Å². The van der Waals surface area contributed by atoms with Crippen molar-refractivity contribution in [1.29, 1.82) is 0 Å². The number of hydrogen-bond donors (Lipinski definition) is 0. The van der Waals surface area contributed by atoms with Crippen molar-refractivity contribution >= 4 is 22.4 Å². The van der Waals surface area contributed by atoms with Gasteiger partial charge in [-0.25, -0.2) is 0 Å². The van der Waals surface area contributed by atoms with E-state index in [-0.39, 0.29) is 0 Å². The second kappa shape index (κ2) is 3.94. The van der Waals surface area contributed by atoms with Crippen LogP contribution in [0.4, 0.5) is 0 Å². The van der Waals surface area contributed by atoms with Crippen molar-refractivity contribution in [1.82, 2.24) is 0 Å². The predicted molar refractivity (Wildman–Crippen MR) is 87.6 cm³/mol. The summed E-state index contributed by atoms with van der Waals surface area (Å²) in [5.74, 6) is 0. The van der Waals surface area contributed by atoms with E-state index in [4.69, 9.17) is 0 Å². The third-order valence-corrected chi connectivity index (χ3v) is 4.14. The maximum absolute atomic E-state index is 4.30. The predicted octanol–water partition coefficient (Wildman–Crippen LogP) is 5.52. The van der Waals surface area contributed by atoms with Gasteiger partial charge in [0.15, 0.2) is 0 Å². The van der Waals surface area contributed by atoms with E-state index in [2.05, 4.69) is 67.8 Å². The van der Waals surface area contributed by atoms with E-state index >= 15 is 0 Å². The summed E-state index contributed by atoms with van der Waals surface area (Å²) in [4.78, 5) is 0. The molecule has 0 radical (unpaired) electrons. The molecule has 0 bridgehead atoms. The van der Waals surface area contributed by atoms with Crippen molar-refractivity contribution in [2.45, 2.75) is 0 Å². The van der Waals surface area contributed by atoms with Crippen LogP contribution in [-0.4, -0.2) is 0 Å². The molecule has 0 amide bonds. The van der Waals surface area contributed by atoms with Gasteiger partial charge in [-0.15, -0.1) is 0 Å². The van der Waals surface area contributed by atoms with Crippen LogP contribution in [0, 0.1) is 0 Å². The minimum absolute atomic E-state index is 1.11. The van der Waals surface area contributed by atoms with Gasteiger partial charge in [-0.1, -0.05) is 67.8 Å². The molecule has 0 spiro atoms. The zero-order valence-corrected chi connectivity index (χ0v) is 11.2. The van der Waals surface area contributed by atoms with E-state index in [9.17, 15) is 0 Å². The lowest BCUT2D eigenvalue weighted by Crippen LogP contribution is -1.88. The molecule has 0 nitrogen and oxygen atoms in total. The molecule has 0 saturated heterocycles. The summed E-state index contributed by atoms with van der Waals surface area (Å²) in [6.45, 7) is 8.32. The number of rotatable bonds is 1. The molecule has 1 aliphatic carbocycles. The van der Waals surface area contributed by atoms with E-state index in [1.54, 1.807) is 0 Å². The van der Waals surface area contributed by atoms with Crippen molar-refractivity contribution in [2.24, 2.45) is 0 Å². The Balaban J connectivity index is 2.21. The average molecular weight is 254 g/mol. The standard InChI is InChI=1S/C20H14/c1-3-15-17-10-5-4-8-14(17)12-19-18-11-7-6-9-16(18)13(2)20(15)19/h3-12H,1-2H2. The Labute approximate surface area is 118 Å². The van der Waals surface area contributed by atoms with Gasteiger partial charge in [0, 0.05) is 0 Å². The Morgan fingerprint density at radius 3 is 2.30 bits per heavy atom. The normalized spacial score (nSPS) is 12.3. The lowest BCUT2D eigenvalue weighted by Gasteiger charge is -2.10. The molecule has 0 aromatic heterocycles. The zero-order valence-electron chi connectivity index (χ0n) is 11.2. The number of fused-ring (bicyclic) bond motifs is 4. The van der Waals surface area contributed by atoms with Gasteiger partial charge in [0.05, 0.1) is 0 Å². The molecule has 20 heavy (non-hydrogen) atoms. The van der Waals surface area contributed by atoms with E-state index in [0.29, 0.717) is 0 Å². The molecule has 0 saturated carbocycles. The molecule has 1 aliphatic rings. The smallest absolute Gasteiger partial charge is 0.00261 e. The van der Waals surface area contributed by atoms with Gasteiger partial charge in [-0.3, -0.25) is 0 Å². The van der Waals surface area contributed by atoms with Crippen LogP contribution in [0.1, 0.15) is 16.7 Å². The molecule has 94 valence electrons. The molecule has 0 N–H and O–H groups in total. The number of benzene rings is 3. The maximum atomic E-state index is 4.30. The summed E-state index contributed by atoms with van der Waals surface area (Å²) >= 11 is 0. The average Bonchev–Trinajstić information content (AvgIpc) is 2.79. The first-order valence-corrected chi connectivity index (χ1v) is 6.78. The molecule has 4 rings (SSSR count). The quantitative estimate of drug-likeness (QED) is 0.419. The first-order chi connectivity index (χ1) is 9.81. The molecular formula is C20H14. The van der Waals surface area contributed by atoms with Gasteiger partial charge < -0.3 is 0 Å². The van der Waals surface area contributed by atoms with Gasteiger partial charge in [0.2, 0.25) is 0 Å². The molecule has 0 heteroatoms. The first-order valence-electron chi connectivity index (χ1n) is 6.78. The molecule has 0 aliphatic heterocycles. The Hall–Kier alpha value is -2.60. The summed E-state index contributed by atoms with van der Waals surface area (Å²) in [5, 5.41) is 2.50. The first kappa shape index (κ1) is 11.2. The largest absolute Gasteiger partial charge is 0.0984 e. The Kier molecular flexibility index (Phi) is 2.22. The zero-order chi connectivity index (χ0) is 13.7. The molecule has 0 heterocycles. The highest BCUT2D eigenvalue weighted by Crippen LogP contribution is 2.47. The van der Waals surface area contributed by atoms with Crippen molar-refractivity contribution in [3.8, 4) is 11.1 Å². The third kappa shape index (κ3) is 1.31. The number of hydrogen-bond acceptors (Lipinski definition) is 0. The summed E-state index contributed by atoms with van der Waals surface area (Å²) in [6.07, 6.45) is 1.96. The van der Waals surface area contributed by atoms with E-state index < -0.39 is 0 Å². The van der Waals surface area contributed by atoms with E-state index in [0.717, 1.165) is 5.57 Å². The lowest BCUT2D eigenvalue weighted by molar-refractivity contribution is 1.66. The minimum Gasteiger partial charge on any atom is -0.0984 e. The SMILES string of the molecule is C=Cc1c2c(cc3ccccc13)-c1ccccc1C2=C. The summed E-state index contributed by atoms with van der Waals surface area (Å²) in [6, 6.07) is 19.2. The van der Waals surface area contributed by atoms with Gasteiger partial charge in [-0.2, -0.15) is 0 Å². The van der Waals surface area contributed by atoms with Crippen LogP contribution in [0.25, 0.3) is 33.5 Å². The van der Waals surface area contributed by atoms with Crippen molar-refractivity contribution in [3.63, 3.8) is 0 Å². The van der Waals surface area contributed by atoms with Crippen LogP contribution in [0.15, 0.2) is 67.8 Å². The summed E-state index contributed by atoms with van der Waals surface area (Å²) < 4.78 is 0. The van der Waals surface area contributed by atoms with Crippen molar-refractivity contribution in [3.05, 3.63) is 84.4 Å². The lowest BCUT2D eigenvalue weighted by atomic mass is 9.93. The summed E-state index contributed by atoms with van der Waals surface area (Å²) in [7, 11) is 0.